The monoisotopic (exact) mass is 644 g/mol. The third-order valence-electron chi connectivity index (χ3n) is 8.74. The summed E-state index contributed by atoms with van der Waals surface area (Å²) in [6.45, 7) is 3.53. The van der Waals surface area contributed by atoms with Gasteiger partial charge in [-0.1, -0.05) is 26.2 Å². The van der Waals surface area contributed by atoms with Crippen molar-refractivity contribution in [3.05, 3.63) is 58.8 Å². The Kier molecular flexibility index (Phi) is 9.76. The highest BCUT2D eigenvalue weighted by molar-refractivity contribution is 7.12. The molecule has 13 heteroatoms. The molecule has 1 atom stereocenters. The highest BCUT2D eigenvalue weighted by Crippen LogP contribution is 2.31. The van der Waals surface area contributed by atoms with Gasteiger partial charge >= 0.3 is 0 Å². The summed E-state index contributed by atoms with van der Waals surface area (Å²) in [4.78, 5) is 48.6. The van der Waals surface area contributed by atoms with E-state index in [1.54, 1.807) is 23.9 Å². The smallest absolute Gasteiger partial charge is 0.246 e. The molecule has 2 N–H and O–H groups in total. The molecule has 7 rings (SSSR count). The minimum atomic E-state index is -0.0223. The second kappa shape index (κ2) is 14.3. The van der Waals surface area contributed by atoms with E-state index in [0.29, 0.717) is 51.0 Å². The fourth-order valence-corrected chi connectivity index (χ4v) is 7.14. The lowest BCUT2D eigenvalue weighted by molar-refractivity contribution is -0.132. The van der Waals surface area contributed by atoms with E-state index in [9.17, 15) is 14.4 Å². The van der Waals surface area contributed by atoms with Gasteiger partial charge in [0, 0.05) is 61.7 Å². The van der Waals surface area contributed by atoms with Crippen LogP contribution in [0.2, 0.25) is 0 Å². The van der Waals surface area contributed by atoms with Crippen LogP contribution in [0.3, 0.4) is 0 Å². The van der Waals surface area contributed by atoms with E-state index >= 15 is 0 Å². The molecule has 5 heterocycles. The molecular weight excluding hydrogens is 604 g/mol. The van der Waals surface area contributed by atoms with Crippen LogP contribution in [0.25, 0.3) is 5.69 Å². The maximum absolute atomic E-state index is 12.4. The second-order valence-corrected chi connectivity index (χ2v) is 13.1. The lowest BCUT2D eigenvalue weighted by atomic mass is 9.94. The predicted molar refractivity (Wildman–Crippen MR) is 176 cm³/mol. The number of amides is 3. The first-order valence-corrected chi connectivity index (χ1v) is 16.8. The van der Waals surface area contributed by atoms with Crippen LogP contribution in [0, 0.1) is 5.92 Å². The van der Waals surface area contributed by atoms with Crippen molar-refractivity contribution in [3.63, 3.8) is 0 Å². The highest BCUT2D eigenvalue weighted by Gasteiger charge is 2.29. The summed E-state index contributed by atoms with van der Waals surface area (Å²) in [7, 11) is 1.94. The molecule has 1 aliphatic carbocycles. The zero-order valence-corrected chi connectivity index (χ0v) is 27.1. The third-order valence-corrected chi connectivity index (χ3v) is 9.68. The summed E-state index contributed by atoms with van der Waals surface area (Å²) in [6.07, 6.45) is 13.2. The number of imidazole rings is 1. The molecule has 3 aliphatic heterocycles. The molecule has 0 bridgehead atoms. The van der Waals surface area contributed by atoms with Crippen molar-refractivity contribution in [1.82, 2.24) is 30.1 Å². The first-order valence-electron chi connectivity index (χ1n) is 15.9. The van der Waals surface area contributed by atoms with E-state index in [0.717, 1.165) is 46.1 Å². The first-order chi connectivity index (χ1) is 22.3. The van der Waals surface area contributed by atoms with Crippen LogP contribution >= 0.6 is 11.3 Å². The van der Waals surface area contributed by atoms with Gasteiger partial charge in [0.2, 0.25) is 23.7 Å². The number of aliphatic imine (C=N–C) groups is 1. The normalized spacial score (nSPS) is 19.1. The molecule has 46 heavy (non-hydrogen) atoms. The van der Waals surface area contributed by atoms with Gasteiger partial charge in [-0.15, -0.1) is 11.3 Å². The van der Waals surface area contributed by atoms with Crippen LogP contribution in [0.4, 0.5) is 5.69 Å². The van der Waals surface area contributed by atoms with Gasteiger partial charge in [-0.25, -0.2) is 15.4 Å². The molecule has 3 amide bonds. The van der Waals surface area contributed by atoms with E-state index in [1.807, 2.05) is 52.7 Å². The van der Waals surface area contributed by atoms with E-state index < -0.39 is 0 Å². The lowest BCUT2D eigenvalue weighted by Gasteiger charge is -2.31. The number of fused-ring (bicyclic) bond motifs is 2. The third kappa shape index (κ3) is 7.47. The number of guanidine groups is 1. The number of benzene rings is 1. The molecule has 4 aliphatic rings. The Morgan fingerprint density at radius 1 is 1.13 bits per heavy atom. The van der Waals surface area contributed by atoms with Gasteiger partial charge in [0.15, 0.2) is 0 Å². The van der Waals surface area contributed by atoms with Crippen molar-refractivity contribution < 1.29 is 19.1 Å². The number of hydrogen-bond acceptors (Lipinski definition) is 9. The summed E-state index contributed by atoms with van der Waals surface area (Å²) < 4.78 is 7.81. The van der Waals surface area contributed by atoms with Crippen LogP contribution in [0.5, 0.6) is 5.75 Å². The Labute approximate surface area is 272 Å². The number of hydrazone groups is 1. The minimum Gasteiger partial charge on any atom is -0.494 e. The van der Waals surface area contributed by atoms with Crippen LogP contribution in [-0.2, 0) is 20.9 Å². The van der Waals surface area contributed by atoms with Crippen molar-refractivity contribution in [2.45, 2.75) is 70.9 Å². The summed E-state index contributed by atoms with van der Waals surface area (Å²) >= 11 is 1.63. The number of carbonyl (C=O) groups excluding carboxylic acids is 3. The van der Waals surface area contributed by atoms with Crippen molar-refractivity contribution in [2.24, 2.45) is 16.0 Å². The number of aromatic nitrogens is 2. The molecule has 1 unspecified atom stereocenters. The van der Waals surface area contributed by atoms with Gasteiger partial charge in [0.25, 0.3) is 0 Å². The topological polar surface area (TPSA) is 134 Å². The van der Waals surface area contributed by atoms with E-state index in [-0.39, 0.29) is 23.6 Å². The molecule has 0 radical (unpaired) electrons. The lowest BCUT2D eigenvalue weighted by Crippen LogP contribution is -2.38. The zero-order chi connectivity index (χ0) is 32.0. The Morgan fingerprint density at radius 3 is 2.76 bits per heavy atom. The number of ether oxygens (including phenoxy) is 1. The summed E-state index contributed by atoms with van der Waals surface area (Å²) in [5.41, 5.74) is 6.47. The van der Waals surface area contributed by atoms with Crippen molar-refractivity contribution in [2.75, 3.05) is 20.2 Å². The molecule has 0 spiro atoms. The molecule has 242 valence electrons. The molecule has 12 nitrogen and oxygen atoms in total. The zero-order valence-electron chi connectivity index (χ0n) is 26.3. The van der Waals surface area contributed by atoms with Gasteiger partial charge in [0.05, 0.1) is 34.9 Å². The van der Waals surface area contributed by atoms with Crippen molar-refractivity contribution in [3.8, 4) is 11.4 Å². The van der Waals surface area contributed by atoms with Crippen LogP contribution in [0.15, 0.2) is 58.5 Å². The Hall–Kier alpha value is -4.52. The average Bonchev–Trinajstić information content (AvgIpc) is 3.83. The fraction of sp³-hybridized carbons (Fsp3) is 0.455. The molecule has 2 aromatic heterocycles. The Morgan fingerprint density at radius 2 is 1.98 bits per heavy atom. The second-order valence-electron chi connectivity index (χ2n) is 12.2. The van der Waals surface area contributed by atoms with Crippen LogP contribution < -0.4 is 15.5 Å². The largest absolute Gasteiger partial charge is 0.494 e. The summed E-state index contributed by atoms with van der Waals surface area (Å²) in [6, 6.07) is 8.28. The SMILES string of the molecule is CC1CC(=O)NN=C1c1cc(-n2ccnc2)cs1.CN(C(=O)CCCOc1ccc2c(c1)CN1CC(=O)NC1=N2)C1CCCCC1. The Balaban J connectivity index is 0.000000178. The molecule has 1 aromatic carbocycles. The number of nitrogens with one attached hydrogen (secondary N) is 2. The quantitative estimate of drug-likeness (QED) is 0.350. The average molecular weight is 645 g/mol. The number of rotatable bonds is 8. The summed E-state index contributed by atoms with van der Waals surface area (Å²) in [5.74, 6) is 1.75. The van der Waals surface area contributed by atoms with Crippen LogP contribution in [0.1, 0.15) is 68.7 Å². The number of nitrogens with zero attached hydrogens (tertiary/aromatic N) is 6. The van der Waals surface area contributed by atoms with Gasteiger partial charge in [-0.2, -0.15) is 5.10 Å². The Bertz CT molecular complexity index is 1630. The number of carbonyl (C=O) groups is 3. The van der Waals surface area contributed by atoms with Gasteiger partial charge in [-0.3, -0.25) is 19.7 Å². The molecule has 1 saturated carbocycles. The molecule has 2 fully saturated rings. The minimum absolute atomic E-state index is 0.0161. The maximum Gasteiger partial charge on any atom is 0.246 e. The van der Waals surface area contributed by atoms with Crippen molar-refractivity contribution >= 4 is 46.4 Å². The van der Waals surface area contributed by atoms with E-state index in [4.69, 9.17) is 4.74 Å². The standard InChI is InChI=1S/C21H28N4O3.C12H12N4OS/c1-24(16-6-3-2-4-7-16)20(27)8-5-11-28-17-9-10-18-15(12-17)13-25-14-19(26)23-21(25)22-18;1-8-4-11(17)14-15-12(8)10-5-9(6-18-10)16-3-2-13-7-16/h9-10,12,16H,2-8,11,13-14H2,1H3,(H,22,23,26);2-3,5-8H,4H2,1H3,(H,14,17). The van der Waals surface area contributed by atoms with Gasteiger partial charge in [0.1, 0.15) is 12.3 Å². The van der Waals surface area contributed by atoms with Crippen molar-refractivity contribution in [1.29, 1.82) is 0 Å². The molecule has 3 aromatic rings. The van der Waals surface area contributed by atoms with Crippen LogP contribution in [-0.4, -0.2) is 75.0 Å². The maximum atomic E-state index is 12.4. The molecule has 1 saturated heterocycles. The highest BCUT2D eigenvalue weighted by atomic mass is 32.1. The predicted octanol–water partition coefficient (Wildman–Crippen LogP) is 4.36. The number of hydrogen-bond donors (Lipinski definition) is 2. The van der Waals surface area contributed by atoms with E-state index in [2.05, 4.69) is 37.3 Å². The van der Waals surface area contributed by atoms with Gasteiger partial charge in [-0.05, 0) is 43.5 Å². The van der Waals surface area contributed by atoms with E-state index in [1.165, 1.54) is 19.3 Å². The molecular formula is C33H40N8O4S. The summed E-state index contributed by atoms with van der Waals surface area (Å²) in [5, 5.41) is 8.98. The van der Waals surface area contributed by atoms with Gasteiger partial charge < -0.3 is 19.1 Å². The number of thiophene rings is 1. The fourth-order valence-electron chi connectivity index (χ4n) is 6.15. The first kappa shape index (κ1) is 31.5.